The van der Waals surface area contributed by atoms with Crippen LogP contribution in [0.25, 0.3) is 0 Å². The Morgan fingerprint density at radius 3 is 3.00 bits per heavy atom. The van der Waals surface area contributed by atoms with Crippen LogP contribution in [0.3, 0.4) is 0 Å². The number of rotatable bonds is 3. The maximum atomic E-state index is 5.81. The van der Waals surface area contributed by atoms with E-state index in [4.69, 9.17) is 4.74 Å². The molecule has 0 N–H and O–H groups in total. The molecule has 0 aromatic carbocycles. The standard InChI is InChI=1S/C13H17N3OS2/c1-9(2)11-7-15-13(19-11)16-4-5-17-10(8-16)12-14-3-6-18-12/h3,6-7,9-10H,4-5,8H2,1-2H3/t10-/m0/s1. The van der Waals surface area contributed by atoms with Crippen molar-refractivity contribution in [2.75, 3.05) is 24.6 Å². The molecule has 1 saturated heterocycles. The monoisotopic (exact) mass is 295 g/mol. The zero-order valence-corrected chi connectivity index (χ0v) is 12.7. The number of aromatic nitrogens is 2. The van der Waals surface area contributed by atoms with E-state index in [0.29, 0.717) is 5.92 Å². The molecule has 4 nitrogen and oxygen atoms in total. The fraction of sp³-hybridized carbons (Fsp3) is 0.538. The Kier molecular flexibility index (Phi) is 3.81. The van der Waals surface area contributed by atoms with Crippen molar-refractivity contribution in [2.24, 2.45) is 0 Å². The van der Waals surface area contributed by atoms with Gasteiger partial charge in [-0.15, -0.1) is 22.7 Å². The first-order valence-corrected chi connectivity index (χ1v) is 8.15. The van der Waals surface area contributed by atoms with Crippen molar-refractivity contribution >= 4 is 27.8 Å². The lowest BCUT2D eigenvalue weighted by molar-refractivity contribution is 0.0396. The van der Waals surface area contributed by atoms with E-state index in [1.807, 2.05) is 17.8 Å². The number of ether oxygens (including phenoxy) is 1. The van der Waals surface area contributed by atoms with E-state index in [1.165, 1.54) is 4.88 Å². The highest BCUT2D eigenvalue weighted by Gasteiger charge is 2.25. The van der Waals surface area contributed by atoms with Gasteiger partial charge in [0.1, 0.15) is 11.1 Å². The second-order valence-electron chi connectivity index (χ2n) is 4.88. The van der Waals surface area contributed by atoms with E-state index in [0.717, 1.165) is 29.8 Å². The summed E-state index contributed by atoms with van der Waals surface area (Å²) in [5.74, 6) is 0.544. The van der Waals surface area contributed by atoms with Crippen LogP contribution in [0.5, 0.6) is 0 Å². The Hall–Kier alpha value is -0.980. The van der Waals surface area contributed by atoms with Crippen LogP contribution in [0, 0.1) is 0 Å². The van der Waals surface area contributed by atoms with Crippen LogP contribution in [0.1, 0.15) is 35.8 Å². The lowest BCUT2D eigenvalue weighted by Gasteiger charge is -2.31. The van der Waals surface area contributed by atoms with E-state index < -0.39 is 0 Å². The van der Waals surface area contributed by atoms with E-state index in [-0.39, 0.29) is 6.10 Å². The summed E-state index contributed by atoms with van der Waals surface area (Å²) in [6, 6.07) is 0. The Morgan fingerprint density at radius 1 is 1.42 bits per heavy atom. The third kappa shape index (κ3) is 2.80. The summed E-state index contributed by atoms with van der Waals surface area (Å²) < 4.78 is 5.81. The average molecular weight is 295 g/mol. The molecular formula is C13H17N3OS2. The Morgan fingerprint density at radius 2 is 2.32 bits per heavy atom. The number of thiazole rings is 2. The number of hydrogen-bond donors (Lipinski definition) is 0. The summed E-state index contributed by atoms with van der Waals surface area (Å²) in [5, 5.41) is 4.16. The average Bonchev–Trinajstić information content (AvgIpc) is 3.10. The molecule has 2 aromatic heterocycles. The van der Waals surface area contributed by atoms with Gasteiger partial charge in [-0.05, 0) is 5.92 Å². The molecule has 3 rings (SSSR count). The minimum absolute atomic E-state index is 0.0835. The summed E-state index contributed by atoms with van der Waals surface area (Å²) in [4.78, 5) is 12.6. The number of nitrogens with zero attached hydrogens (tertiary/aromatic N) is 3. The molecule has 19 heavy (non-hydrogen) atoms. The van der Waals surface area contributed by atoms with Crippen molar-refractivity contribution in [3.05, 3.63) is 27.7 Å². The zero-order chi connectivity index (χ0) is 13.2. The molecule has 1 atom stereocenters. The van der Waals surface area contributed by atoms with Gasteiger partial charge >= 0.3 is 0 Å². The molecule has 1 aliphatic rings. The lowest BCUT2D eigenvalue weighted by Crippen LogP contribution is -2.38. The van der Waals surface area contributed by atoms with Crippen molar-refractivity contribution in [1.82, 2.24) is 9.97 Å². The third-order valence-corrected chi connectivity index (χ3v) is 5.37. The highest BCUT2D eigenvalue weighted by molar-refractivity contribution is 7.15. The first-order chi connectivity index (χ1) is 9.24. The number of morpholine rings is 1. The number of anilines is 1. The largest absolute Gasteiger partial charge is 0.367 e. The van der Waals surface area contributed by atoms with Gasteiger partial charge in [0.25, 0.3) is 0 Å². The van der Waals surface area contributed by atoms with Gasteiger partial charge in [-0.25, -0.2) is 9.97 Å². The molecule has 102 valence electrons. The molecule has 0 radical (unpaired) electrons. The molecule has 0 saturated carbocycles. The van der Waals surface area contributed by atoms with Crippen molar-refractivity contribution in [1.29, 1.82) is 0 Å². The maximum Gasteiger partial charge on any atom is 0.185 e. The molecule has 6 heteroatoms. The molecular weight excluding hydrogens is 278 g/mol. The zero-order valence-electron chi connectivity index (χ0n) is 11.1. The first-order valence-electron chi connectivity index (χ1n) is 6.45. The van der Waals surface area contributed by atoms with Crippen LogP contribution < -0.4 is 4.90 Å². The predicted octanol–water partition coefficient (Wildman–Crippen LogP) is 3.30. The molecule has 0 spiro atoms. The predicted molar refractivity (Wildman–Crippen MR) is 79.2 cm³/mol. The summed E-state index contributed by atoms with van der Waals surface area (Å²) in [6.07, 6.45) is 3.92. The van der Waals surface area contributed by atoms with Gasteiger partial charge in [-0.3, -0.25) is 0 Å². The fourth-order valence-electron chi connectivity index (χ4n) is 2.06. The van der Waals surface area contributed by atoms with Gasteiger partial charge in [-0.1, -0.05) is 13.8 Å². The fourth-order valence-corrected chi connectivity index (χ4v) is 3.69. The van der Waals surface area contributed by atoms with Gasteiger partial charge in [0.15, 0.2) is 5.13 Å². The molecule has 3 heterocycles. The molecule has 1 aliphatic heterocycles. The molecule has 0 aliphatic carbocycles. The Labute approximate surface area is 121 Å². The topological polar surface area (TPSA) is 38.2 Å². The van der Waals surface area contributed by atoms with E-state index in [9.17, 15) is 0 Å². The molecule has 1 fully saturated rings. The van der Waals surface area contributed by atoms with Crippen LogP contribution in [-0.4, -0.2) is 29.7 Å². The van der Waals surface area contributed by atoms with Crippen LogP contribution in [-0.2, 0) is 4.74 Å². The molecule has 2 aromatic rings. The smallest absolute Gasteiger partial charge is 0.185 e. The van der Waals surface area contributed by atoms with E-state index in [2.05, 4.69) is 28.7 Å². The lowest BCUT2D eigenvalue weighted by atomic mass is 10.2. The second-order valence-corrected chi connectivity index (χ2v) is 6.84. The Balaban J connectivity index is 1.74. The summed E-state index contributed by atoms with van der Waals surface area (Å²) in [6.45, 7) is 6.90. The highest BCUT2D eigenvalue weighted by atomic mass is 32.1. The van der Waals surface area contributed by atoms with Gasteiger partial charge < -0.3 is 9.64 Å². The van der Waals surface area contributed by atoms with Crippen molar-refractivity contribution in [2.45, 2.75) is 25.9 Å². The van der Waals surface area contributed by atoms with Crippen molar-refractivity contribution in [3.8, 4) is 0 Å². The highest BCUT2D eigenvalue weighted by Crippen LogP contribution is 2.32. The van der Waals surface area contributed by atoms with Crippen molar-refractivity contribution in [3.63, 3.8) is 0 Å². The SMILES string of the molecule is CC(C)c1cnc(N2CCO[C@H](c3nccs3)C2)s1. The van der Waals surface area contributed by atoms with Gasteiger partial charge in [0.2, 0.25) is 0 Å². The van der Waals surface area contributed by atoms with Gasteiger partial charge in [-0.2, -0.15) is 0 Å². The Bertz CT molecular complexity index is 524. The number of hydrogen-bond acceptors (Lipinski definition) is 6. The van der Waals surface area contributed by atoms with Crippen LogP contribution >= 0.6 is 22.7 Å². The third-order valence-electron chi connectivity index (χ3n) is 3.14. The van der Waals surface area contributed by atoms with Crippen LogP contribution in [0.2, 0.25) is 0 Å². The molecule has 0 unspecified atom stereocenters. The summed E-state index contributed by atoms with van der Waals surface area (Å²) in [5.41, 5.74) is 0. The normalized spacial score (nSPS) is 20.2. The van der Waals surface area contributed by atoms with Gasteiger partial charge in [0.05, 0.1) is 13.2 Å². The van der Waals surface area contributed by atoms with Gasteiger partial charge in [0, 0.05) is 29.2 Å². The molecule has 0 amide bonds. The minimum atomic E-state index is 0.0835. The minimum Gasteiger partial charge on any atom is -0.367 e. The van der Waals surface area contributed by atoms with Crippen LogP contribution in [0.15, 0.2) is 17.8 Å². The second kappa shape index (κ2) is 5.56. The molecule has 0 bridgehead atoms. The quantitative estimate of drug-likeness (QED) is 0.871. The maximum absolute atomic E-state index is 5.81. The van der Waals surface area contributed by atoms with E-state index >= 15 is 0 Å². The first kappa shape index (κ1) is 13.0. The van der Waals surface area contributed by atoms with Crippen molar-refractivity contribution < 1.29 is 4.74 Å². The van der Waals surface area contributed by atoms with Crippen LogP contribution in [0.4, 0.5) is 5.13 Å². The summed E-state index contributed by atoms with van der Waals surface area (Å²) in [7, 11) is 0. The van der Waals surface area contributed by atoms with E-state index in [1.54, 1.807) is 22.7 Å². The summed E-state index contributed by atoms with van der Waals surface area (Å²) >= 11 is 3.45.